The summed E-state index contributed by atoms with van der Waals surface area (Å²) in [5, 5.41) is 10.2. The average molecular weight is 341 g/mol. The van der Waals surface area contributed by atoms with Gasteiger partial charge in [0.1, 0.15) is 23.5 Å². The van der Waals surface area contributed by atoms with Crippen LogP contribution < -0.4 is 4.74 Å². The lowest BCUT2D eigenvalue weighted by Gasteiger charge is -2.30. The van der Waals surface area contributed by atoms with Crippen molar-refractivity contribution in [2.24, 2.45) is 0 Å². The van der Waals surface area contributed by atoms with Crippen LogP contribution in [0, 0.1) is 11.6 Å². The highest BCUT2D eigenvalue weighted by atomic mass is 79.9. The zero-order chi connectivity index (χ0) is 14.3. The lowest BCUT2D eigenvalue weighted by molar-refractivity contribution is 0.0639. The molecular weight excluding hydrogens is 330 g/mol. The predicted molar refractivity (Wildman–Crippen MR) is 73.4 cm³/mol. The van der Waals surface area contributed by atoms with Crippen LogP contribution in [0.3, 0.4) is 0 Å². The molecule has 2 aromatic rings. The van der Waals surface area contributed by atoms with Gasteiger partial charge in [-0.15, -0.1) is 0 Å². The van der Waals surface area contributed by atoms with Crippen LogP contribution in [0.4, 0.5) is 8.78 Å². The van der Waals surface area contributed by atoms with Gasteiger partial charge in [-0.2, -0.15) is 0 Å². The van der Waals surface area contributed by atoms with Gasteiger partial charge in [0.15, 0.2) is 0 Å². The van der Waals surface area contributed by atoms with Gasteiger partial charge in [0.25, 0.3) is 0 Å². The topological polar surface area (TPSA) is 29.5 Å². The van der Waals surface area contributed by atoms with E-state index in [0.717, 1.165) is 10.5 Å². The number of rotatable bonds is 1. The molecule has 0 amide bonds. The first-order valence-corrected chi connectivity index (χ1v) is 6.93. The summed E-state index contributed by atoms with van der Waals surface area (Å²) >= 11 is 3.33. The monoisotopic (exact) mass is 340 g/mol. The van der Waals surface area contributed by atoms with Crippen LogP contribution in [0.15, 0.2) is 40.9 Å². The Bertz CT molecular complexity index is 660. The largest absolute Gasteiger partial charge is 0.485 e. The fourth-order valence-corrected chi connectivity index (χ4v) is 2.75. The molecule has 104 valence electrons. The average Bonchev–Trinajstić information content (AvgIpc) is 2.39. The standard InChI is InChI=1S/C15H11BrF2O2/c16-8-1-4-14-11(5-8)13(19)7-15(20-14)10-3-2-9(17)6-12(10)18/h1-6,13,15,19H,7H2. The first kappa shape index (κ1) is 13.5. The summed E-state index contributed by atoms with van der Waals surface area (Å²) in [5.74, 6) is -0.782. The molecule has 2 unspecified atom stereocenters. The number of halogens is 3. The molecule has 1 aliphatic rings. The highest BCUT2D eigenvalue weighted by molar-refractivity contribution is 9.10. The van der Waals surface area contributed by atoms with Crippen molar-refractivity contribution in [1.29, 1.82) is 0 Å². The summed E-state index contributed by atoms with van der Waals surface area (Å²) in [7, 11) is 0. The number of ether oxygens (including phenoxy) is 1. The number of hydrogen-bond acceptors (Lipinski definition) is 2. The zero-order valence-electron chi connectivity index (χ0n) is 10.3. The molecule has 0 aromatic heterocycles. The minimum atomic E-state index is -0.745. The van der Waals surface area contributed by atoms with Gasteiger partial charge in [-0.25, -0.2) is 8.78 Å². The molecule has 0 aliphatic carbocycles. The molecule has 2 aromatic carbocycles. The van der Waals surface area contributed by atoms with E-state index in [4.69, 9.17) is 4.74 Å². The Balaban J connectivity index is 1.97. The second kappa shape index (κ2) is 5.14. The Morgan fingerprint density at radius 1 is 1.10 bits per heavy atom. The van der Waals surface area contributed by atoms with E-state index in [1.54, 1.807) is 18.2 Å². The van der Waals surface area contributed by atoms with Gasteiger partial charge in [0.2, 0.25) is 0 Å². The molecule has 3 rings (SSSR count). The van der Waals surface area contributed by atoms with Gasteiger partial charge in [0.05, 0.1) is 6.10 Å². The van der Waals surface area contributed by atoms with E-state index >= 15 is 0 Å². The zero-order valence-corrected chi connectivity index (χ0v) is 11.9. The maximum atomic E-state index is 13.8. The molecule has 2 atom stereocenters. The molecule has 5 heteroatoms. The number of fused-ring (bicyclic) bond motifs is 1. The van der Waals surface area contributed by atoms with Gasteiger partial charge in [-0.3, -0.25) is 0 Å². The second-order valence-electron chi connectivity index (χ2n) is 4.71. The molecule has 0 bridgehead atoms. The van der Waals surface area contributed by atoms with Gasteiger partial charge in [-0.05, 0) is 30.3 Å². The van der Waals surface area contributed by atoms with Gasteiger partial charge < -0.3 is 9.84 Å². The molecule has 1 N–H and O–H groups in total. The number of benzene rings is 2. The van der Waals surface area contributed by atoms with Crippen LogP contribution in [0.25, 0.3) is 0 Å². The maximum absolute atomic E-state index is 13.8. The molecule has 0 saturated heterocycles. The lowest BCUT2D eigenvalue weighted by Crippen LogP contribution is -2.20. The van der Waals surface area contributed by atoms with E-state index in [1.807, 2.05) is 0 Å². The molecule has 20 heavy (non-hydrogen) atoms. The van der Waals surface area contributed by atoms with E-state index < -0.39 is 23.8 Å². The summed E-state index contributed by atoms with van der Waals surface area (Å²) in [6.07, 6.45) is -1.14. The van der Waals surface area contributed by atoms with Crippen LogP contribution in [-0.2, 0) is 0 Å². The highest BCUT2D eigenvalue weighted by Crippen LogP contribution is 2.42. The Morgan fingerprint density at radius 3 is 2.65 bits per heavy atom. The van der Waals surface area contributed by atoms with Crippen LogP contribution in [0.5, 0.6) is 5.75 Å². The van der Waals surface area contributed by atoms with Gasteiger partial charge in [-0.1, -0.05) is 15.9 Å². The van der Waals surface area contributed by atoms with E-state index in [9.17, 15) is 13.9 Å². The van der Waals surface area contributed by atoms with Crippen molar-refractivity contribution < 1.29 is 18.6 Å². The number of aliphatic hydroxyl groups is 1. The lowest BCUT2D eigenvalue weighted by atomic mass is 9.95. The van der Waals surface area contributed by atoms with Crippen molar-refractivity contribution >= 4 is 15.9 Å². The van der Waals surface area contributed by atoms with E-state index in [-0.39, 0.29) is 12.0 Å². The van der Waals surface area contributed by atoms with Crippen LogP contribution >= 0.6 is 15.9 Å². The summed E-state index contributed by atoms with van der Waals surface area (Å²) < 4.78 is 33.3. The number of aliphatic hydroxyl groups excluding tert-OH is 1. The van der Waals surface area contributed by atoms with Crippen molar-refractivity contribution in [3.05, 3.63) is 63.6 Å². The van der Waals surface area contributed by atoms with Crippen molar-refractivity contribution in [1.82, 2.24) is 0 Å². The first-order chi connectivity index (χ1) is 9.54. The third-order valence-corrected chi connectivity index (χ3v) is 3.84. The number of hydrogen-bond donors (Lipinski definition) is 1. The third-order valence-electron chi connectivity index (χ3n) is 3.35. The highest BCUT2D eigenvalue weighted by Gasteiger charge is 2.29. The summed E-state index contributed by atoms with van der Waals surface area (Å²) in [5.41, 5.74) is 0.914. The van der Waals surface area contributed by atoms with Gasteiger partial charge >= 0.3 is 0 Å². The molecule has 2 nitrogen and oxygen atoms in total. The molecule has 1 heterocycles. The fourth-order valence-electron chi connectivity index (χ4n) is 2.37. The van der Waals surface area contributed by atoms with E-state index in [1.165, 1.54) is 12.1 Å². The fraction of sp³-hybridized carbons (Fsp3) is 0.200. The maximum Gasteiger partial charge on any atom is 0.133 e. The Morgan fingerprint density at radius 2 is 1.90 bits per heavy atom. The predicted octanol–water partition coefficient (Wildman–Crippen LogP) is 4.28. The third kappa shape index (κ3) is 2.43. The normalized spacial score (nSPS) is 21.2. The smallest absolute Gasteiger partial charge is 0.133 e. The summed E-state index contributed by atoms with van der Waals surface area (Å²) in [6.45, 7) is 0. The van der Waals surface area contributed by atoms with E-state index in [0.29, 0.717) is 11.3 Å². The van der Waals surface area contributed by atoms with Crippen LogP contribution in [0.1, 0.15) is 29.8 Å². The quantitative estimate of drug-likeness (QED) is 0.839. The van der Waals surface area contributed by atoms with Crippen molar-refractivity contribution in [2.75, 3.05) is 0 Å². The minimum absolute atomic E-state index is 0.228. The first-order valence-electron chi connectivity index (χ1n) is 6.13. The Hall–Kier alpha value is -1.46. The molecule has 0 fully saturated rings. The van der Waals surface area contributed by atoms with Crippen molar-refractivity contribution in [3.63, 3.8) is 0 Å². The van der Waals surface area contributed by atoms with Crippen LogP contribution in [-0.4, -0.2) is 5.11 Å². The van der Waals surface area contributed by atoms with E-state index in [2.05, 4.69) is 15.9 Å². The minimum Gasteiger partial charge on any atom is -0.485 e. The Kier molecular flexibility index (Phi) is 3.48. The SMILES string of the molecule is OC1CC(c2ccc(F)cc2F)Oc2ccc(Br)cc21. The van der Waals surface area contributed by atoms with Crippen LogP contribution in [0.2, 0.25) is 0 Å². The van der Waals surface area contributed by atoms with Gasteiger partial charge in [0, 0.05) is 28.1 Å². The summed E-state index contributed by atoms with van der Waals surface area (Å²) in [6, 6.07) is 8.64. The Labute approximate surface area is 123 Å². The summed E-state index contributed by atoms with van der Waals surface area (Å²) in [4.78, 5) is 0. The van der Waals surface area contributed by atoms with Crippen molar-refractivity contribution in [3.8, 4) is 5.75 Å². The molecule has 0 saturated carbocycles. The molecule has 1 aliphatic heterocycles. The molecule has 0 spiro atoms. The van der Waals surface area contributed by atoms with Crippen molar-refractivity contribution in [2.45, 2.75) is 18.6 Å². The second-order valence-corrected chi connectivity index (χ2v) is 5.62. The molecule has 0 radical (unpaired) electrons. The molecular formula is C15H11BrF2O2.